The van der Waals surface area contributed by atoms with Gasteiger partial charge in [-0.25, -0.2) is 0 Å². The standard InChI is InChI=1S/C72H64N4/c1-11-15-58-59-16-13-14-17-69(59)72(68(58)12-2)70-60-36-34-56(75(52-26-18-48(42-73)19-27-52)54-30-22-50(23-31-54)44(3)4)38-64(60)62(46(7)8)40-66(70)67-41-63(47(9)10)65-39-57(35-37-61(65)71(67)72)76(53-28-20-49(43-74)21-29-53)55-32-24-51(25-33-55)45(5)6/h11-41,44-47H,2H2,1,3-10H3/b15-11-. The Bertz CT molecular complexity index is 3690. The van der Waals surface area contributed by atoms with Crippen LogP contribution in [-0.2, 0) is 5.41 Å². The maximum atomic E-state index is 9.83. The lowest BCUT2D eigenvalue weighted by Crippen LogP contribution is -2.27. The average Bonchev–Trinajstić information content (AvgIpc) is 4.11. The Labute approximate surface area is 449 Å². The summed E-state index contributed by atoms with van der Waals surface area (Å²) in [5, 5.41) is 24.5. The van der Waals surface area contributed by atoms with Crippen LogP contribution in [0.25, 0.3) is 38.2 Å². The highest BCUT2D eigenvalue weighted by Crippen LogP contribution is 2.66. The van der Waals surface area contributed by atoms with Gasteiger partial charge in [0.25, 0.3) is 0 Å². The van der Waals surface area contributed by atoms with Crippen LogP contribution in [0.15, 0.2) is 200 Å². The van der Waals surface area contributed by atoms with Crippen LogP contribution in [0, 0.1) is 22.7 Å². The van der Waals surface area contributed by atoms with Gasteiger partial charge in [0, 0.05) is 34.1 Å². The fourth-order valence-corrected chi connectivity index (χ4v) is 12.4. The van der Waals surface area contributed by atoms with Crippen molar-refractivity contribution < 1.29 is 0 Å². The fourth-order valence-electron chi connectivity index (χ4n) is 12.4. The van der Waals surface area contributed by atoms with Gasteiger partial charge in [-0.2, -0.15) is 10.5 Å². The van der Waals surface area contributed by atoms with E-state index in [1.54, 1.807) is 0 Å². The summed E-state index contributed by atoms with van der Waals surface area (Å²) in [4.78, 5) is 4.66. The van der Waals surface area contributed by atoms with E-state index in [1.165, 1.54) is 88.3 Å². The molecule has 372 valence electrons. The Morgan fingerprint density at radius 1 is 0.447 bits per heavy atom. The van der Waals surface area contributed by atoms with Gasteiger partial charge in [-0.1, -0.05) is 141 Å². The first-order valence-corrected chi connectivity index (χ1v) is 27.0. The van der Waals surface area contributed by atoms with E-state index in [1.807, 2.05) is 24.3 Å². The molecule has 0 N–H and O–H groups in total. The van der Waals surface area contributed by atoms with Crippen LogP contribution in [0.4, 0.5) is 34.1 Å². The highest BCUT2D eigenvalue weighted by molar-refractivity contribution is 6.12. The van der Waals surface area contributed by atoms with Gasteiger partial charge < -0.3 is 9.80 Å². The second kappa shape index (κ2) is 19.5. The molecule has 2 aliphatic rings. The number of benzene rings is 9. The van der Waals surface area contributed by atoms with E-state index < -0.39 is 5.41 Å². The molecule has 4 nitrogen and oxygen atoms in total. The predicted molar refractivity (Wildman–Crippen MR) is 320 cm³/mol. The van der Waals surface area contributed by atoms with Gasteiger partial charge in [-0.05, 0) is 228 Å². The van der Waals surface area contributed by atoms with Gasteiger partial charge in [0.2, 0.25) is 0 Å². The number of hydrogen-bond acceptors (Lipinski definition) is 4. The van der Waals surface area contributed by atoms with Crippen molar-refractivity contribution in [2.24, 2.45) is 0 Å². The molecule has 0 aromatic heterocycles. The molecule has 4 heteroatoms. The average molecular weight is 985 g/mol. The van der Waals surface area contributed by atoms with E-state index in [4.69, 9.17) is 6.58 Å². The molecule has 0 fully saturated rings. The zero-order chi connectivity index (χ0) is 53.2. The smallest absolute Gasteiger partial charge is 0.0991 e. The third kappa shape index (κ3) is 7.86. The summed E-state index contributed by atoms with van der Waals surface area (Å²) in [6, 6.07) is 66.7. The lowest BCUT2D eigenvalue weighted by molar-refractivity contribution is 0.799. The summed E-state index contributed by atoms with van der Waals surface area (Å²) >= 11 is 0. The van der Waals surface area contributed by atoms with Crippen molar-refractivity contribution in [3.63, 3.8) is 0 Å². The van der Waals surface area contributed by atoms with Crippen LogP contribution in [0.5, 0.6) is 0 Å². The Hall–Kier alpha value is -8.70. The first kappa shape index (κ1) is 49.5. The Balaban J connectivity index is 1.22. The second-order valence-corrected chi connectivity index (χ2v) is 21.9. The highest BCUT2D eigenvalue weighted by Gasteiger charge is 2.54. The van der Waals surface area contributed by atoms with Gasteiger partial charge in [0.1, 0.15) is 0 Å². The third-order valence-electron chi connectivity index (χ3n) is 16.1. The van der Waals surface area contributed by atoms with Gasteiger partial charge in [-0.15, -0.1) is 0 Å². The molecule has 9 aromatic carbocycles. The predicted octanol–water partition coefficient (Wildman–Crippen LogP) is 20.0. The molecule has 0 saturated carbocycles. The summed E-state index contributed by atoms with van der Waals surface area (Å²) in [5.74, 6) is 1.22. The minimum absolute atomic E-state index is 0.205. The molecule has 76 heavy (non-hydrogen) atoms. The summed E-state index contributed by atoms with van der Waals surface area (Å²) in [6.45, 7) is 25.0. The van der Waals surface area contributed by atoms with Crippen molar-refractivity contribution in [2.45, 2.75) is 91.4 Å². The number of anilines is 6. The van der Waals surface area contributed by atoms with E-state index in [2.05, 4.69) is 248 Å². The zero-order valence-corrected chi connectivity index (χ0v) is 45.2. The van der Waals surface area contributed by atoms with Crippen molar-refractivity contribution >= 4 is 61.2 Å². The number of fused-ring (bicyclic) bond motifs is 11. The number of nitrogens with zero attached hydrogens (tertiary/aromatic N) is 4. The van der Waals surface area contributed by atoms with Gasteiger partial charge in [0.05, 0.1) is 28.7 Å². The molecule has 0 atom stereocenters. The van der Waals surface area contributed by atoms with Crippen LogP contribution in [0.2, 0.25) is 0 Å². The molecule has 0 saturated heterocycles. The Morgan fingerprint density at radius 3 is 1.21 bits per heavy atom. The Morgan fingerprint density at radius 2 is 0.842 bits per heavy atom. The summed E-state index contributed by atoms with van der Waals surface area (Å²) < 4.78 is 0. The lowest BCUT2D eigenvalue weighted by Gasteiger charge is -2.34. The molecule has 0 radical (unpaired) electrons. The van der Waals surface area contributed by atoms with Crippen LogP contribution in [0.1, 0.15) is 142 Å². The van der Waals surface area contributed by atoms with Crippen LogP contribution < -0.4 is 9.80 Å². The maximum Gasteiger partial charge on any atom is 0.0991 e. The van der Waals surface area contributed by atoms with Crippen molar-refractivity contribution in [1.82, 2.24) is 0 Å². The third-order valence-corrected chi connectivity index (χ3v) is 16.1. The van der Waals surface area contributed by atoms with Gasteiger partial charge in [0.15, 0.2) is 0 Å². The molecule has 1 spiro atoms. The van der Waals surface area contributed by atoms with Crippen LogP contribution in [0.3, 0.4) is 0 Å². The maximum absolute atomic E-state index is 9.83. The molecule has 11 rings (SSSR count). The number of nitriles is 2. The molecule has 0 aliphatic heterocycles. The monoisotopic (exact) mass is 985 g/mol. The largest absolute Gasteiger partial charge is 0.310 e. The van der Waals surface area contributed by atoms with E-state index >= 15 is 0 Å². The van der Waals surface area contributed by atoms with Crippen LogP contribution in [-0.4, -0.2) is 0 Å². The normalized spacial score (nSPS) is 13.3. The van der Waals surface area contributed by atoms with Gasteiger partial charge >= 0.3 is 0 Å². The van der Waals surface area contributed by atoms with Crippen molar-refractivity contribution in [3.8, 4) is 23.3 Å². The SMILES string of the molecule is C=CC1=C(/C=C\C)c2ccccc2C12c1c(cc(C(C)C)c3cc(N(c4ccc(C#N)cc4)c4ccc(C(C)C)cc4)ccc13)-c1cc(C(C)C)c3cc(N(c4ccc(C#N)cc4)c4ccc(C(C)C)cc4)ccc3c12. The lowest BCUT2D eigenvalue weighted by atomic mass is 9.67. The van der Waals surface area contributed by atoms with Crippen LogP contribution >= 0.6 is 0 Å². The van der Waals surface area contributed by atoms with E-state index in [0.717, 1.165) is 34.1 Å². The van der Waals surface area contributed by atoms with Crippen molar-refractivity contribution in [3.05, 3.63) is 256 Å². The van der Waals surface area contributed by atoms with Crippen molar-refractivity contribution in [2.75, 3.05) is 9.80 Å². The molecular weight excluding hydrogens is 921 g/mol. The number of hydrogen-bond donors (Lipinski definition) is 0. The molecule has 0 unspecified atom stereocenters. The van der Waals surface area contributed by atoms with E-state index in [-0.39, 0.29) is 11.8 Å². The number of rotatable bonds is 12. The molecule has 0 amide bonds. The van der Waals surface area contributed by atoms with E-state index in [9.17, 15) is 10.5 Å². The first-order valence-electron chi connectivity index (χ1n) is 27.0. The molecule has 0 heterocycles. The molecule has 2 aliphatic carbocycles. The minimum atomic E-state index is -0.721. The first-order chi connectivity index (χ1) is 36.8. The fraction of sp³-hybridized carbons (Fsp3) is 0.194. The molecular formula is C72H64N4. The summed E-state index contributed by atoms with van der Waals surface area (Å²) in [6.07, 6.45) is 6.59. The summed E-state index contributed by atoms with van der Waals surface area (Å²) in [5.41, 5.74) is 21.8. The summed E-state index contributed by atoms with van der Waals surface area (Å²) in [7, 11) is 0. The van der Waals surface area contributed by atoms with Crippen molar-refractivity contribution in [1.29, 1.82) is 10.5 Å². The molecule has 9 aromatic rings. The quantitative estimate of drug-likeness (QED) is 0.122. The second-order valence-electron chi connectivity index (χ2n) is 21.9. The minimum Gasteiger partial charge on any atom is -0.310 e. The number of allylic oxidation sites excluding steroid dienone is 5. The van der Waals surface area contributed by atoms with Gasteiger partial charge in [-0.3, -0.25) is 0 Å². The van der Waals surface area contributed by atoms with E-state index in [0.29, 0.717) is 23.0 Å². The zero-order valence-electron chi connectivity index (χ0n) is 45.2. The molecule has 0 bridgehead atoms. The topological polar surface area (TPSA) is 54.1 Å². The Kier molecular flexibility index (Phi) is 12.7. The highest BCUT2D eigenvalue weighted by atomic mass is 15.1.